The SMILES string of the molecule is CCOc1ccc2[nH]c(=O)c(C(c3nnnn3C(C)(C)C)N3CCN(Cc4ccc5c(c4)OCO5)CC3)cc2c1. The molecule has 11 nitrogen and oxygen atoms in total. The van der Waals surface area contributed by atoms with Crippen LogP contribution in [0.25, 0.3) is 10.9 Å². The second kappa shape index (κ2) is 10.5. The third-order valence-electron chi connectivity index (χ3n) is 7.44. The standard InChI is InChI=1S/C29H35N7O4/c1-5-38-21-7-8-23-20(15-21)16-22(28(37)30-23)26(27-31-32-33-36(27)29(2,3)4)35-12-10-34(11-13-35)17-19-6-9-24-25(14-19)40-18-39-24/h6-9,14-16,26H,5,10-13,17-18H2,1-4H3,(H,30,37). The maximum absolute atomic E-state index is 13.6. The minimum absolute atomic E-state index is 0.145. The molecule has 11 heteroatoms. The van der Waals surface area contributed by atoms with Gasteiger partial charge < -0.3 is 19.2 Å². The number of hydrogen-bond acceptors (Lipinski definition) is 9. The van der Waals surface area contributed by atoms with Gasteiger partial charge in [0.25, 0.3) is 5.56 Å². The van der Waals surface area contributed by atoms with E-state index in [9.17, 15) is 4.79 Å². The summed E-state index contributed by atoms with van der Waals surface area (Å²) in [7, 11) is 0. The first-order valence-electron chi connectivity index (χ1n) is 13.7. The third kappa shape index (κ3) is 5.14. The lowest BCUT2D eigenvalue weighted by Crippen LogP contribution is -2.49. The molecular formula is C29H35N7O4. The molecule has 4 heterocycles. The number of ether oxygens (including phenoxy) is 3. The molecule has 0 bridgehead atoms. The number of nitrogens with one attached hydrogen (secondary N) is 1. The Morgan fingerprint density at radius 2 is 1.82 bits per heavy atom. The van der Waals surface area contributed by atoms with Crippen LogP contribution >= 0.6 is 0 Å². The maximum atomic E-state index is 13.6. The van der Waals surface area contributed by atoms with Crippen LogP contribution in [0.4, 0.5) is 0 Å². The van der Waals surface area contributed by atoms with Crippen LogP contribution in [-0.4, -0.2) is 74.6 Å². The summed E-state index contributed by atoms with van der Waals surface area (Å²) in [5.41, 5.74) is 2.06. The number of pyridine rings is 1. The van der Waals surface area contributed by atoms with Gasteiger partial charge in [0.1, 0.15) is 11.8 Å². The molecule has 0 aliphatic carbocycles. The van der Waals surface area contributed by atoms with Crippen molar-refractivity contribution in [3.63, 3.8) is 0 Å². The van der Waals surface area contributed by atoms with Gasteiger partial charge in [-0.15, -0.1) is 5.10 Å². The molecule has 2 aromatic carbocycles. The molecule has 0 radical (unpaired) electrons. The molecule has 1 unspecified atom stereocenters. The van der Waals surface area contributed by atoms with Gasteiger partial charge in [-0.05, 0) is 80.1 Å². The molecule has 1 atom stereocenters. The molecule has 1 saturated heterocycles. The number of aromatic nitrogens is 5. The quantitative estimate of drug-likeness (QED) is 0.374. The topological polar surface area (TPSA) is 111 Å². The number of piperazine rings is 1. The zero-order valence-corrected chi connectivity index (χ0v) is 23.4. The largest absolute Gasteiger partial charge is 0.494 e. The minimum atomic E-state index is -0.411. The predicted octanol–water partition coefficient (Wildman–Crippen LogP) is 3.30. The fraction of sp³-hybridized carbons (Fsp3) is 0.448. The van der Waals surface area contributed by atoms with Gasteiger partial charge in [0.15, 0.2) is 17.3 Å². The van der Waals surface area contributed by atoms with Gasteiger partial charge >= 0.3 is 0 Å². The van der Waals surface area contributed by atoms with E-state index in [4.69, 9.17) is 14.2 Å². The van der Waals surface area contributed by atoms with Crippen molar-refractivity contribution in [1.29, 1.82) is 0 Å². The summed E-state index contributed by atoms with van der Waals surface area (Å²) in [4.78, 5) is 21.4. The van der Waals surface area contributed by atoms with Crippen molar-refractivity contribution in [2.24, 2.45) is 0 Å². The number of fused-ring (bicyclic) bond motifs is 2. The summed E-state index contributed by atoms with van der Waals surface area (Å²) in [6.07, 6.45) is 0. The van der Waals surface area contributed by atoms with Crippen molar-refractivity contribution in [3.8, 4) is 17.2 Å². The van der Waals surface area contributed by atoms with Crippen molar-refractivity contribution in [3.05, 3.63) is 69.8 Å². The Morgan fingerprint density at radius 3 is 2.60 bits per heavy atom. The molecule has 0 amide bonds. The second-order valence-corrected chi connectivity index (χ2v) is 11.3. The van der Waals surface area contributed by atoms with Crippen molar-refractivity contribution < 1.29 is 14.2 Å². The highest BCUT2D eigenvalue weighted by Crippen LogP contribution is 2.34. The van der Waals surface area contributed by atoms with E-state index in [2.05, 4.69) is 63.2 Å². The number of aromatic amines is 1. The molecule has 2 aliphatic heterocycles. The number of benzene rings is 2. The van der Waals surface area contributed by atoms with Crippen molar-refractivity contribution in [2.75, 3.05) is 39.6 Å². The van der Waals surface area contributed by atoms with E-state index in [1.54, 1.807) is 0 Å². The number of rotatable bonds is 7. The van der Waals surface area contributed by atoms with Crippen LogP contribution in [0, 0.1) is 0 Å². The normalized spacial score (nSPS) is 16.9. The Labute approximate surface area is 232 Å². The Bertz CT molecular complexity index is 1570. The lowest BCUT2D eigenvalue weighted by atomic mass is 10.0. The van der Waals surface area contributed by atoms with E-state index < -0.39 is 6.04 Å². The molecule has 0 saturated carbocycles. The number of hydrogen-bond donors (Lipinski definition) is 1. The molecule has 2 aromatic heterocycles. The van der Waals surface area contributed by atoms with Crippen LogP contribution in [0.2, 0.25) is 0 Å². The molecule has 1 N–H and O–H groups in total. The first kappa shape index (κ1) is 26.3. The Balaban J connectivity index is 1.31. The predicted molar refractivity (Wildman–Crippen MR) is 150 cm³/mol. The molecule has 210 valence electrons. The van der Waals surface area contributed by atoms with Crippen LogP contribution in [0.3, 0.4) is 0 Å². The summed E-state index contributed by atoms with van der Waals surface area (Å²) in [6, 6.07) is 13.4. The van der Waals surface area contributed by atoms with Gasteiger partial charge in [0, 0.05) is 49.2 Å². The molecule has 1 fully saturated rings. The van der Waals surface area contributed by atoms with E-state index >= 15 is 0 Å². The summed E-state index contributed by atoms with van der Waals surface area (Å²) in [6.45, 7) is 13.0. The number of nitrogens with zero attached hydrogens (tertiary/aromatic N) is 6. The smallest absolute Gasteiger partial charge is 0.253 e. The molecular weight excluding hydrogens is 510 g/mol. The molecule has 40 heavy (non-hydrogen) atoms. The summed E-state index contributed by atoms with van der Waals surface area (Å²) >= 11 is 0. The highest BCUT2D eigenvalue weighted by Gasteiger charge is 2.35. The van der Waals surface area contributed by atoms with Crippen LogP contribution in [0.5, 0.6) is 17.2 Å². The lowest BCUT2D eigenvalue weighted by Gasteiger charge is -2.39. The Hall–Kier alpha value is -3.96. The molecule has 2 aliphatic rings. The van der Waals surface area contributed by atoms with Gasteiger partial charge in [-0.25, -0.2) is 4.68 Å². The average Bonchev–Trinajstić information content (AvgIpc) is 3.60. The number of H-pyrrole nitrogens is 1. The van der Waals surface area contributed by atoms with Gasteiger partial charge in [-0.1, -0.05) is 6.07 Å². The fourth-order valence-electron chi connectivity index (χ4n) is 5.48. The van der Waals surface area contributed by atoms with Gasteiger partial charge in [-0.2, -0.15) is 0 Å². The first-order valence-corrected chi connectivity index (χ1v) is 13.7. The monoisotopic (exact) mass is 545 g/mol. The van der Waals surface area contributed by atoms with Gasteiger partial charge in [-0.3, -0.25) is 14.6 Å². The van der Waals surface area contributed by atoms with Gasteiger partial charge in [0.05, 0.1) is 12.1 Å². The fourth-order valence-corrected chi connectivity index (χ4v) is 5.48. The van der Waals surface area contributed by atoms with Crippen LogP contribution in [-0.2, 0) is 12.1 Å². The zero-order valence-electron chi connectivity index (χ0n) is 23.4. The van der Waals surface area contributed by atoms with Crippen LogP contribution < -0.4 is 19.8 Å². The highest BCUT2D eigenvalue weighted by atomic mass is 16.7. The van der Waals surface area contributed by atoms with E-state index in [-0.39, 0.29) is 17.9 Å². The Kier molecular flexibility index (Phi) is 6.93. The van der Waals surface area contributed by atoms with Crippen molar-refractivity contribution in [1.82, 2.24) is 35.0 Å². The van der Waals surface area contributed by atoms with E-state index in [0.717, 1.165) is 60.9 Å². The van der Waals surface area contributed by atoms with Crippen molar-refractivity contribution >= 4 is 10.9 Å². The van der Waals surface area contributed by atoms with E-state index in [1.807, 2.05) is 41.9 Å². The summed E-state index contributed by atoms with van der Waals surface area (Å²) in [5, 5.41) is 13.7. The highest BCUT2D eigenvalue weighted by molar-refractivity contribution is 5.80. The molecule has 0 spiro atoms. The number of tetrazole rings is 1. The lowest BCUT2D eigenvalue weighted by molar-refractivity contribution is 0.0975. The Morgan fingerprint density at radius 1 is 1.02 bits per heavy atom. The second-order valence-electron chi connectivity index (χ2n) is 11.3. The van der Waals surface area contributed by atoms with E-state index in [0.29, 0.717) is 18.0 Å². The zero-order chi connectivity index (χ0) is 27.9. The summed E-state index contributed by atoms with van der Waals surface area (Å²) < 4.78 is 18.6. The minimum Gasteiger partial charge on any atom is -0.494 e. The third-order valence-corrected chi connectivity index (χ3v) is 7.44. The molecule has 6 rings (SSSR count). The maximum Gasteiger partial charge on any atom is 0.253 e. The van der Waals surface area contributed by atoms with Crippen molar-refractivity contribution in [2.45, 2.75) is 45.8 Å². The average molecular weight is 546 g/mol. The van der Waals surface area contributed by atoms with Crippen LogP contribution in [0.1, 0.15) is 50.7 Å². The van der Waals surface area contributed by atoms with Gasteiger partial charge in [0.2, 0.25) is 6.79 Å². The van der Waals surface area contributed by atoms with Crippen LogP contribution in [0.15, 0.2) is 47.3 Å². The summed E-state index contributed by atoms with van der Waals surface area (Å²) in [5.74, 6) is 3.01. The van der Waals surface area contributed by atoms with E-state index in [1.165, 1.54) is 5.56 Å². The molecule has 4 aromatic rings. The first-order chi connectivity index (χ1) is 19.3.